The standard InChI is InChI=1S/C27H31Cl2N7O3/c1-5-21(30)33-17-11-39-12-18(17)35-27-31-10-15-8-16(22-23(28)19(37-3)9-20(38-4)24(22)29)34-26(25(15)36-27)32-13(2)14-6-7-14/h5,8-10,13-14,17-18H,1,6-7,11-12H2,2-4H3,(H2,30,33)(H,32,34)(H,31,35,36)/t13-,17-,18+/m0/s1. The van der Waals surface area contributed by atoms with Gasteiger partial charge in [-0.1, -0.05) is 29.8 Å². The highest BCUT2D eigenvalue weighted by Gasteiger charge is 2.31. The lowest BCUT2D eigenvalue weighted by Crippen LogP contribution is -2.45. The SMILES string of the molecule is C=CC(=N)N[C@H]1COC[C@H]1Nc1ncc2cc(-c3c(Cl)c(OC)cc(OC)c3Cl)nc(N[C@@H](C)C3CC3)c2n1. The van der Waals surface area contributed by atoms with Crippen LogP contribution in [0.25, 0.3) is 22.2 Å². The Bertz CT molecular complexity index is 1390. The van der Waals surface area contributed by atoms with Gasteiger partial charge in [-0.3, -0.25) is 5.41 Å². The number of halogens is 2. The molecule has 3 heterocycles. The molecule has 0 radical (unpaired) electrons. The summed E-state index contributed by atoms with van der Waals surface area (Å²) in [4.78, 5) is 14.3. The maximum atomic E-state index is 7.89. The van der Waals surface area contributed by atoms with E-state index in [1.54, 1.807) is 12.3 Å². The Labute approximate surface area is 237 Å². The Kier molecular flexibility index (Phi) is 7.97. The summed E-state index contributed by atoms with van der Waals surface area (Å²) in [6, 6.07) is 3.46. The molecule has 10 nitrogen and oxygen atoms in total. The predicted molar refractivity (Wildman–Crippen MR) is 155 cm³/mol. The minimum Gasteiger partial charge on any atom is -0.495 e. The van der Waals surface area contributed by atoms with Crippen LogP contribution in [0, 0.1) is 11.3 Å². The lowest BCUT2D eigenvalue weighted by molar-refractivity contribution is 0.190. The molecule has 2 aliphatic rings. The van der Waals surface area contributed by atoms with Crippen molar-refractivity contribution in [2.45, 2.75) is 37.9 Å². The van der Waals surface area contributed by atoms with Crippen molar-refractivity contribution in [3.05, 3.63) is 41.0 Å². The van der Waals surface area contributed by atoms with Crippen LogP contribution in [-0.4, -0.2) is 66.3 Å². The highest BCUT2D eigenvalue weighted by molar-refractivity contribution is 6.41. The number of hydrogen-bond donors (Lipinski definition) is 4. The lowest BCUT2D eigenvalue weighted by atomic mass is 10.1. The third-order valence-electron chi connectivity index (χ3n) is 7.03. The van der Waals surface area contributed by atoms with Crippen molar-refractivity contribution >= 4 is 51.7 Å². The van der Waals surface area contributed by atoms with E-state index < -0.39 is 0 Å². The van der Waals surface area contributed by atoms with E-state index in [0.717, 1.165) is 5.39 Å². The van der Waals surface area contributed by atoms with Gasteiger partial charge in [0.05, 0.1) is 55.3 Å². The first kappa shape index (κ1) is 27.2. The largest absolute Gasteiger partial charge is 0.495 e. The zero-order chi connectivity index (χ0) is 27.7. The molecule has 1 saturated heterocycles. The molecular formula is C27H31Cl2N7O3. The fraction of sp³-hybridized carbons (Fsp3) is 0.407. The van der Waals surface area contributed by atoms with Crippen LogP contribution in [0.4, 0.5) is 11.8 Å². The Hall–Kier alpha value is -3.34. The fourth-order valence-corrected chi connectivity index (χ4v) is 5.34. The number of benzene rings is 1. The maximum Gasteiger partial charge on any atom is 0.223 e. The summed E-state index contributed by atoms with van der Waals surface area (Å²) in [6.07, 6.45) is 5.55. The van der Waals surface area contributed by atoms with Crippen LogP contribution in [-0.2, 0) is 4.74 Å². The van der Waals surface area contributed by atoms with E-state index in [0.29, 0.717) is 69.2 Å². The molecule has 4 N–H and O–H groups in total. The minimum atomic E-state index is -0.126. The molecule has 206 valence electrons. The minimum absolute atomic E-state index is 0.116. The van der Waals surface area contributed by atoms with Crippen molar-refractivity contribution < 1.29 is 14.2 Å². The number of ether oxygens (including phenoxy) is 3. The Balaban J connectivity index is 1.56. The van der Waals surface area contributed by atoms with Gasteiger partial charge in [-0.05, 0) is 37.8 Å². The van der Waals surface area contributed by atoms with Crippen LogP contribution >= 0.6 is 23.2 Å². The average Bonchev–Trinajstić information content (AvgIpc) is 3.70. The molecule has 2 fully saturated rings. The second-order valence-electron chi connectivity index (χ2n) is 9.70. The van der Waals surface area contributed by atoms with Crippen LogP contribution in [0.5, 0.6) is 11.5 Å². The topological polar surface area (TPSA) is 126 Å². The number of anilines is 2. The van der Waals surface area contributed by atoms with Crippen LogP contribution < -0.4 is 25.4 Å². The maximum absolute atomic E-state index is 7.89. The van der Waals surface area contributed by atoms with Crippen molar-refractivity contribution in [2.24, 2.45) is 5.92 Å². The smallest absolute Gasteiger partial charge is 0.223 e. The molecular weight excluding hydrogens is 541 g/mol. The van der Waals surface area contributed by atoms with E-state index in [1.165, 1.54) is 33.1 Å². The van der Waals surface area contributed by atoms with Gasteiger partial charge in [0, 0.05) is 29.3 Å². The van der Waals surface area contributed by atoms with Gasteiger partial charge in [-0.2, -0.15) is 0 Å². The van der Waals surface area contributed by atoms with Gasteiger partial charge in [0.2, 0.25) is 5.95 Å². The van der Waals surface area contributed by atoms with Crippen molar-refractivity contribution in [3.8, 4) is 22.8 Å². The van der Waals surface area contributed by atoms with Crippen molar-refractivity contribution in [3.63, 3.8) is 0 Å². The molecule has 39 heavy (non-hydrogen) atoms. The molecule has 1 aromatic carbocycles. The summed E-state index contributed by atoms with van der Waals surface area (Å²) in [5, 5.41) is 19.3. The number of fused-ring (bicyclic) bond motifs is 1. The molecule has 1 saturated carbocycles. The van der Waals surface area contributed by atoms with Gasteiger partial charge in [0.25, 0.3) is 0 Å². The first-order chi connectivity index (χ1) is 18.8. The Morgan fingerprint density at radius 2 is 1.82 bits per heavy atom. The Morgan fingerprint density at radius 3 is 2.46 bits per heavy atom. The van der Waals surface area contributed by atoms with Gasteiger partial charge in [-0.15, -0.1) is 0 Å². The molecule has 3 aromatic rings. The molecule has 1 aliphatic heterocycles. The van der Waals surface area contributed by atoms with E-state index in [2.05, 4.69) is 34.4 Å². The van der Waals surface area contributed by atoms with E-state index in [1.807, 2.05) is 6.07 Å². The molecule has 0 spiro atoms. The molecule has 12 heteroatoms. The van der Waals surface area contributed by atoms with E-state index >= 15 is 0 Å². The summed E-state index contributed by atoms with van der Waals surface area (Å²) in [5.41, 5.74) is 1.71. The van der Waals surface area contributed by atoms with Crippen molar-refractivity contribution in [2.75, 3.05) is 38.1 Å². The van der Waals surface area contributed by atoms with Gasteiger partial charge >= 0.3 is 0 Å². The number of pyridine rings is 1. The monoisotopic (exact) mass is 571 g/mol. The second kappa shape index (κ2) is 11.4. The zero-order valence-electron chi connectivity index (χ0n) is 22.0. The summed E-state index contributed by atoms with van der Waals surface area (Å²) < 4.78 is 16.6. The quantitative estimate of drug-likeness (QED) is 0.193. The Morgan fingerprint density at radius 1 is 1.13 bits per heavy atom. The van der Waals surface area contributed by atoms with E-state index in [9.17, 15) is 0 Å². The van der Waals surface area contributed by atoms with Gasteiger partial charge in [0.15, 0.2) is 5.82 Å². The number of aromatic nitrogens is 3. The number of amidine groups is 1. The summed E-state index contributed by atoms with van der Waals surface area (Å²) in [6.45, 7) is 6.70. The molecule has 2 aromatic heterocycles. The van der Waals surface area contributed by atoms with Crippen LogP contribution in [0.1, 0.15) is 19.8 Å². The normalized spacial score (nSPS) is 19.4. The number of rotatable bonds is 10. The lowest BCUT2D eigenvalue weighted by Gasteiger charge is -2.21. The number of hydrogen-bond acceptors (Lipinski definition) is 9. The molecule has 0 amide bonds. The summed E-state index contributed by atoms with van der Waals surface area (Å²) >= 11 is 13.4. The van der Waals surface area contributed by atoms with Crippen LogP contribution in [0.2, 0.25) is 10.0 Å². The summed E-state index contributed by atoms with van der Waals surface area (Å²) in [7, 11) is 3.07. The number of methoxy groups -OCH3 is 2. The number of nitrogens with zero attached hydrogens (tertiary/aromatic N) is 3. The first-order valence-electron chi connectivity index (χ1n) is 12.7. The predicted octanol–water partition coefficient (Wildman–Crippen LogP) is 5.16. The molecule has 3 atom stereocenters. The average molecular weight is 572 g/mol. The van der Waals surface area contributed by atoms with Gasteiger partial charge in [0.1, 0.15) is 22.9 Å². The number of nitrogens with one attached hydrogen (secondary N) is 4. The molecule has 5 rings (SSSR count). The van der Waals surface area contributed by atoms with Crippen molar-refractivity contribution in [1.29, 1.82) is 5.41 Å². The van der Waals surface area contributed by atoms with Gasteiger partial charge in [-0.25, -0.2) is 15.0 Å². The van der Waals surface area contributed by atoms with Crippen LogP contribution in [0.15, 0.2) is 31.0 Å². The van der Waals surface area contributed by atoms with Crippen LogP contribution in [0.3, 0.4) is 0 Å². The third-order valence-corrected chi connectivity index (χ3v) is 7.78. The fourth-order valence-electron chi connectivity index (χ4n) is 4.64. The van der Waals surface area contributed by atoms with Crippen molar-refractivity contribution in [1.82, 2.24) is 20.3 Å². The first-order valence-corrected chi connectivity index (χ1v) is 13.4. The molecule has 1 aliphatic carbocycles. The van der Waals surface area contributed by atoms with E-state index in [4.69, 9.17) is 52.8 Å². The zero-order valence-corrected chi connectivity index (χ0v) is 23.5. The molecule has 0 bridgehead atoms. The van der Waals surface area contributed by atoms with Gasteiger partial charge < -0.3 is 30.2 Å². The highest BCUT2D eigenvalue weighted by atomic mass is 35.5. The molecule has 0 unspecified atom stereocenters. The second-order valence-corrected chi connectivity index (χ2v) is 10.5. The summed E-state index contributed by atoms with van der Waals surface area (Å²) in [5.74, 6) is 2.71. The highest BCUT2D eigenvalue weighted by Crippen LogP contribution is 2.46. The third kappa shape index (κ3) is 5.68. The van der Waals surface area contributed by atoms with E-state index in [-0.39, 0.29) is 24.0 Å².